The Balaban J connectivity index is 2.48. The van der Waals surface area contributed by atoms with Crippen LogP contribution >= 0.6 is 11.8 Å². The molecule has 2 rings (SSSR count). The van der Waals surface area contributed by atoms with Crippen LogP contribution in [0.4, 0.5) is 5.69 Å². The predicted molar refractivity (Wildman–Crippen MR) is 75.5 cm³/mol. The van der Waals surface area contributed by atoms with Gasteiger partial charge in [-0.25, -0.2) is 4.79 Å². The maximum absolute atomic E-state index is 11.4. The average molecular weight is 276 g/mol. The molecule has 1 aromatic carbocycles. The van der Waals surface area contributed by atoms with Crippen molar-refractivity contribution in [1.82, 2.24) is 0 Å². The zero-order valence-electron chi connectivity index (χ0n) is 11.0. The fourth-order valence-electron chi connectivity index (χ4n) is 2.64. The number of nitrogens with zero attached hydrogens (tertiary/aromatic N) is 2. The molecule has 1 fully saturated rings. The maximum Gasteiger partial charge on any atom is 0.326 e. The Hall–Kier alpha value is -1.67. The van der Waals surface area contributed by atoms with Gasteiger partial charge in [-0.3, -0.25) is 0 Å². The highest BCUT2D eigenvalue weighted by Gasteiger charge is 2.37. The van der Waals surface area contributed by atoms with Gasteiger partial charge in [-0.1, -0.05) is 13.0 Å². The van der Waals surface area contributed by atoms with Crippen LogP contribution in [-0.2, 0) is 4.79 Å². The molecule has 100 valence electrons. The molecule has 0 aliphatic carbocycles. The van der Waals surface area contributed by atoms with Crippen molar-refractivity contribution < 1.29 is 9.90 Å². The molecule has 19 heavy (non-hydrogen) atoms. The van der Waals surface area contributed by atoms with Gasteiger partial charge in [0.25, 0.3) is 0 Å². The average Bonchev–Trinajstić information content (AvgIpc) is 2.79. The molecule has 0 saturated carbocycles. The summed E-state index contributed by atoms with van der Waals surface area (Å²) in [6.45, 7) is 2.63. The van der Waals surface area contributed by atoms with E-state index in [0.717, 1.165) is 17.0 Å². The lowest BCUT2D eigenvalue weighted by Gasteiger charge is -2.26. The normalized spacial score (nSPS) is 22.3. The molecule has 1 heterocycles. The minimum Gasteiger partial charge on any atom is -0.480 e. The van der Waals surface area contributed by atoms with Crippen molar-refractivity contribution in [2.75, 3.05) is 17.7 Å². The smallest absolute Gasteiger partial charge is 0.326 e. The van der Waals surface area contributed by atoms with E-state index in [9.17, 15) is 15.2 Å². The summed E-state index contributed by atoms with van der Waals surface area (Å²) in [5, 5.41) is 18.7. The standard InChI is InChI=1S/C14H16N2O2S/c1-9-6-7-16(13(9)14(17)18)11-4-3-5-12(19-2)10(11)8-15/h3-5,9,13H,6-7H2,1-2H3,(H,17,18). The van der Waals surface area contributed by atoms with Crippen molar-refractivity contribution in [3.63, 3.8) is 0 Å². The van der Waals surface area contributed by atoms with Gasteiger partial charge in [0.15, 0.2) is 0 Å². The van der Waals surface area contributed by atoms with Gasteiger partial charge in [0, 0.05) is 11.4 Å². The fourth-order valence-corrected chi connectivity index (χ4v) is 3.20. The van der Waals surface area contributed by atoms with E-state index in [2.05, 4.69) is 6.07 Å². The van der Waals surface area contributed by atoms with E-state index in [1.54, 1.807) is 0 Å². The molecule has 0 aromatic heterocycles. The van der Waals surface area contributed by atoms with Crippen LogP contribution < -0.4 is 4.90 Å². The number of nitriles is 1. The van der Waals surface area contributed by atoms with Gasteiger partial charge in [0.05, 0.1) is 11.3 Å². The second-order valence-electron chi connectivity index (χ2n) is 4.71. The molecule has 1 aliphatic rings. The molecule has 0 amide bonds. The van der Waals surface area contributed by atoms with Crippen molar-refractivity contribution >= 4 is 23.4 Å². The zero-order valence-corrected chi connectivity index (χ0v) is 11.8. The minimum atomic E-state index is -0.816. The summed E-state index contributed by atoms with van der Waals surface area (Å²) >= 11 is 1.51. The highest BCUT2D eigenvalue weighted by molar-refractivity contribution is 7.98. The van der Waals surface area contributed by atoms with E-state index in [4.69, 9.17) is 0 Å². The highest BCUT2D eigenvalue weighted by Crippen LogP contribution is 2.35. The summed E-state index contributed by atoms with van der Waals surface area (Å²) in [5.74, 6) is -0.717. The van der Waals surface area contributed by atoms with Gasteiger partial charge >= 0.3 is 5.97 Å². The first-order chi connectivity index (χ1) is 9.10. The number of carbonyl (C=O) groups is 1. The third kappa shape index (κ3) is 2.41. The Labute approximate surface area is 117 Å². The van der Waals surface area contributed by atoms with E-state index in [1.165, 1.54) is 11.8 Å². The first-order valence-electron chi connectivity index (χ1n) is 6.16. The van der Waals surface area contributed by atoms with Crippen LogP contribution in [0.15, 0.2) is 23.1 Å². The van der Waals surface area contributed by atoms with Crippen molar-refractivity contribution in [1.29, 1.82) is 5.26 Å². The Morgan fingerprint density at radius 3 is 2.89 bits per heavy atom. The number of hydrogen-bond acceptors (Lipinski definition) is 4. The molecule has 4 nitrogen and oxygen atoms in total. The Kier molecular flexibility index (Phi) is 4.01. The molecule has 0 radical (unpaired) electrons. The van der Waals surface area contributed by atoms with Crippen LogP contribution in [0.2, 0.25) is 0 Å². The van der Waals surface area contributed by atoms with Crippen molar-refractivity contribution in [3.05, 3.63) is 23.8 Å². The van der Waals surface area contributed by atoms with Crippen LogP contribution in [0.25, 0.3) is 0 Å². The van der Waals surface area contributed by atoms with Crippen LogP contribution in [0.1, 0.15) is 18.9 Å². The number of carboxylic acid groups (broad SMARTS) is 1. The fraction of sp³-hybridized carbons (Fsp3) is 0.429. The van der Waals surface area contributed by atoms with E-state index in [0.29, 0.717) is 12.1 Å². The van der Waals surface area contributed by atoms with E-state index < -0.39 is 12.0 Å². The van der Waals surface area contributed by atoms with Crippen LogP contribution in [0.3, 0.4) is 0 Å². The predicted octanol–water partition coefficient (Wildman–Crippen LogP) is 2.58. The van der Waals surface area contributed by atoms with E-state index in [1.807, 2.05) is 36.3 Å². The number of thioether (sulfide) groups is 1. The summed E-state index contributed by atoms with van der Waals surface area (Å²) in [5.41, 5.74) is 1.32. The monoisotopic (exact) mass is 276 g/mol. The topological polar surface area (TPSA) is 64.3 Å². The SMILES string of the molecule is CSc1cccc(N2CCC(C)C2C(=O)O)c1C#N. The lowest BCUT2D eigenvalue weighted by molar-refractivity contribution is -0.139. The quantitative estimate of drug-likeness (QED) is 0.860. The van der Waals surface area contributed by atoms with E-state index >= 15 is 0 Å². The second-order valence-corrected chi connectivity index (χ2v) is 5.56. The molecule has 1 aliphatic heterocycles. The summed E-state index contributed by atoms with van der Waals surface area (Å²) in [6, 6.07) is 7.28. The van der Waals surface area contributed by atoms with Crippen LogP contribution in [0.5, 0.6) is 0 Å². The lowest BCUT2D eigenvalue weighted by Crippen LogP contribution is -2.39. The number of rotatable bonds is 3. The Morgan fingerprint density at radius 2 is 2.32 bits per heavy atom. The second kappa shape index (κ2) is 5.54. The molecule has 2 atom stereocenters. The van der Waals surface area contributed by atoms with Crippen molar-refractivity contribution in [2.45, 2.75) is 24.3 Å². The third-order valence-electron chi connectivity index (χ3n) is 3.60. The molecular formula is C14H16N2O2S. The maximum atomic E-state index is 11.4. The van der Waals surface area contributed by atoms with Gasteiger partial charge in [-0.05, 0) is 30.7 Å². The molecular weight excluding hydrogens is 260 g/mol. The number of benzene rings is 1. The molecule has 0 bridgehead atoms. The first-order valence-corrected chi connectivity index (χ1v) is 7.39. The molecule has 2 unspecified atom stereocenters. The zero-order chi connectivity index (χ0) is 14.0. The van der Waals surface area contributed by atoms with Gasteiger partial charge in [0.2, 0.25) is 0 Å². The van der Waals surface area contributed by atoms with Crippen molar-refractivity contribution in [3.8, 4) is 6.07 Å². The number of aliphatic carboxylic acids is 1. The van der Waals surface area contributed by atoms with Gasteiger partial charge < -0.3 is 10.0 Å². The number of carboxylic acids is 1. The molecule has 1 aromatic rings. The largest absolute Gasteiger partial charge is 0.480 e. The Morgan fingerprint density at radius 1 is 1.58 bits per heavy atom. The summed E-state index contributed by atoms with van der Waals surface area (Å²) < 4.78 is 0. The van der Waals surface area contributed by atoms with Gasteiger partial charge in [-0.15, -0.1) is 11.8 Å². The molecule has 1 saturated heterocycles. The number of anilines is 1. The number of hydrogen-bond donors (Lipinski definition) is 1. The Bertz CT molecular complexity index is 539. The van der Waals surface area contributed by atoms with E-state index in [-0.39, 0.29) is 5.92 Å². The first kappa shape index (κ1) is 13.8. The molecule has 5 heteroatoms. The van der Waals surface area contributed by atoms with Crippen molar-refractivity contribution in [2.24, 2.45) is 5.92 Å². The molecule has 1 N–H and O–H groups in total. The van der Waals surface area contributed by atoms with Crippen LogP contribution in [0, 0.1) is 17.2 Å². The minimum absolute atomic E-state index is 0.0991. The van der Waals surface area contributed by atoms with Crippen LogP contribution in [-0.4, -0.2) is 29.9 Å². The third-order valence-corrected chi connectivity index (χ3v) is 4.38. The van der Waals surface area contributed by atoms with Gasteiger partial charge in [-0.2, -0.15) is 5.26 Å². The summed E-state index contributed by atoms with van der Waals surface area (Å²) in [7, 11) is 0. The highest BCUT2D eigenvalue weighted by atomic mass is 32.2. The van der Waals surface area contributed by atoms with Gasteiger partial charge in [0.1, 0.15) is 12.1 Å². The summed E-state index contributed by atoms with van der Waals surface area (Å²) in [6.07, 6.45) is 2.76. The molecule has 0 spiro atoms. The summed E-state index contributed by atoms with van der Waals surface area (Å²) in [4.78, 5) is 14.2. The lowest BCUT2D eigenvalue weighted by atomic mass is 10.0.